The molecule has 0 aromatic carbocycles. The fourth-order valence-corrected chi connectivity index (χ4v) is 2.86. The molecule has 0 bridgehead atoms. The van der Waals surface area contributed by atoms with E-state index in [4.69, 9.17) is 4.98 Å². The van der Waals surface area contributed by atoms with E-state index in [1.54, 1.807) is 0 Å². The van der Waals surface area contributed by atoms with Crippen LogP contribution in [0.15, 0.2) is 12.1 Å². The van der Waals surface area contributed by atoms with Gasteiger partial charge < -0.3 is 10.0 Å². The molecule has 1 aromatic heterocycles. The standard InChI is InChI=1S/C16H27N3O/c1-5-6-15-7-14(11-20)8-16(17-15)19-9-12(2)18(4)13(3)10-19/h7-8,12-13,20H,5-6,9-11H2,1-4H3. The van der Waals surface area contributed by atoms with E-state index in [0.717, 1.165) is 43.0 Å². The molecule has 0 saturated carbocycles. The van der Waals surface area contributed by atoms with Crippen LogP contribution in [0.25, 0.3) is 0 Å². The second kappa shape index (κ2) is 6.55. The highest BCUT2D eigenvalue weighted by Crippen LogP contribution is 2.22. The van der Waals surface area contributed by atoms with Crippen molar-refractivity contribution in [1.29, 1.82) is 0 Å². The van der Waals surface area contributed by atoms with Crippen LogP contribution in [-0.4, -0.2) is 47.2 Å². The molecule has 1 saturated heterocycles. The first-order valence-corrected chi connectivity index (χ1v) is 7.62. The number of piperazine rings is 1. The summed E-state index contributed by atoms with van der Waals surface area (Å²) in [5.74, 6) is 1.02. The lowest BCUT2D eigenvalue weighted by atomic mass is 10.1. The molecule has 1 aliphatic heterocycles. The van der Waals surface area contributed by atoms with Crippen molar-refractivity contribution in [2.45, 2.75) is 52.3 Å². The number of nitrogens with zero attached hydrogens (tertiary/aromatic N) is 3. The number of hydrogen-bond acceptors (Lipinski definition) is 4. The fourth-order valence-electron chi connectivity index (χ4n) is 2.86. The Balaban J connectivity index is 2.25. The van der Waals surface area contributed by atoms with E-state index in [-0.39, 0.29) is 6.61 Å². The molecule has 4 heteroatoms. The maximum atomic E-state index is 9.44. The lowest BCUT2D eigenvalue weighted by Gasteiger charge is -2.43. The number of likely N-dealkylation sites (N-methyl/N-ethyl adjacent to an activating group) is 1. The van der Waals surface area contributed by atoms with Crippen molar-refractivity contribution in [3.05, 3.63) is 23.4 Å². The first-order valence-electron chi connectivity index (χ1n) is 7.62. The SMILES string of the molecule is CCCc1cc(CO)cc(N2CC(C)N(C)C(C)C2)n1. The Hall–Kier alpha value is -1.13. The first-order chi connectivity index (χ1) is 9.55. The molecule has 0 spiro atoms. The molecule has 1 aromatic rings. The highest BCUT2D eigenvalue weighted by atomic mass is 16.3. The molecule has 2 unspecified atom stereocenters. The normalized spacial score (nSPS) is 24.1. The molecule has 112 valence electrons. The molecule has 0 aliphatic carbocycles. The smallest absolute Gasteiger partial charge is 0.129 e. The van der Waals surface area contributed by atoms with E-state index in [1.807, 2.05) is 12.1 Å². The molecule has 0 amide bonds. The Morgan fingerprint density at radius 2 is 1.90 bits per heavy atom. The van der Waals surface area contributed by atoms with Crippen molar-refractivity contribution >= 4 is 5.82 Å². The van der Waals surface area contributed by atoms with Gasteiger partial charge in [0.25, 0.3) is 0 Å². The number of anilines is 1. The zero-order valence-electron chi connectivity index (χ0n) is 13.1. The zero-order chi connectivity index (χ0) is 14.7. The molecule has 4 nitrogen and oxygen atoms in total. The molecule has 2 atom stereocenters. The lowest BCUT2D eigenvalue weighted by molar-refractivity contribution is 0.169. The molecule has 1 aliphatic rings. The van der Waals surface area contributed by atoms with Crippen LogP contribution in [0.4, 0.5) is 5.82 Å². The predicted molar refractivity (Wildman–Crippen MR) is 83.1 cm³/mol. The van der Waals surface area contributed by atoms with Gasteiger partial charge in [0.1, 0.15) is 5.82 Å². The first kappa shape index (κ1) is 15.3. The van der Waals surface area contributed by atoms with Gasteiger partial charge in [-0.3, -0.25) is 4.90 Å². The second-order valence-corrected chi connectivity index (χ2v) is 6.00. The summed E-state index contributed by atoms with van der Waals surface area (Å²) >= 11 is 0. The van der Waals surface area contributed by atoms with Gasteiger partial charge in [0.05, 0.1) is 6.61 Å². The maximum Gasteiger partial charge on any atom is 0.129 e. The second-order valence-electron chi connectivity index (χ2n) is 6.00. The summed E-state index contributed by atoms with van der Waals surface area (Å²) < 4.78 is 0. The molecule has 2 rings (SSSR count). The van der Waals surface area contributed by atoms with Crippen LogP contribution in [0.3, 0.4) is 0 Å². The number of aromatic nitrogens is 1. The van der Waals surface area contributed by atoms with Gasteiger partial charge in [-0.1, -0.05) is 13.3 Å². The Bertz CT molecular complexity index is 437. The number of rotatable bonds is 4. The van der Waals surface area contributed by atoms with Gasteiger partial charge in [-0.25, -0.2) is 4.98 Å². The van der Waals surface area contributed by atoms with Crippen LogP contribution in [0.5, 0.6) is 0 Å². The Kier molecular flexibility index (Phi) is 5.00. The van der Waals surface area contributed by atoms with Crippen molar-refractivity contribution in [1.82, 2.24) is 9.88 Å². The average molecular weight is 277 g/mol. The van der Waals surface area contributed by atoms with Crippen molar-refractivity contribution in [3.63, 3.8) is 0 Å². The minimum absolute atomic E-state index is 0.0884. The van der Waals surface area contributed by atoms with Gasteiger partial charge in [0.2, 0.25) is 0 Å². The van der Waals surface area contributed by atoms with E-state index in [9.17, 15) is 5.11 Å². The van der Waals surface area contributed by atoms with Gasteiger partial charge >= 0.3 is 0 Å². The topological polar surface area (TPSA) is 39.6 Å². The van der Waals surface area contributed by atoms with Gasteiger partial charge in [-0.05, 0) is 45.0 Å². The summed E-state index contributed by atoms with van der Waals surface area (Å²) in [6.45, 7) is 8.75. The van der Waals surface area contributed by atoms with Gasteiger partial charge in [-0.15, -0.1) is 0 Å². The lowest BCUT2D eigenvalue weighted by Crippen LogP contribution is -2.55. The number of aryl methyl sites for hydroxylation is 1. The highest BCUT2D eigenvalue weighted by molar-refractivity contribution is 5.44. The molecule has 0 radical (unpaired) electrons. The maximum absolute atomic E-state index is 9.44. The summed E-state index contributed by atoms with van der Waals surface area (Å²) in [6.07, 6.45) is 2.05. The Morgan fingerprint density at radius 1 is 1.25 bits per heavy atom. The number of hydrogen-bond donors (Lipinski definition) is 1. The molecular formula is C16H27N3O. The van der Waals surface area contributed by atoms with Crippen LogP contribution in [0.2, 0.25) is 0 Å². The zero-order valence-corrected chi connectivity index (χ0v) is 13.1. The van der Waals surface area contributed by atoms with E-state index in [1.165, 1.54) is 0 Å². The van der Waals surface area contributed by atoms with Crippen molar-refractivity contribution in [2.24, 2.45) is 0 Å². The number of aliphatic hydroxyl groups excluding tert-OH is 1. The van der Waals surface area contributed by atoms with Crippen LogP contribution >= 0.6 is 0 Å². The third-order valence-corrected chi connectivity index (χ3v) is 4.30. The number of aliphatic hydroxyl groups is 1. The largest absolute Gasteiger partial charge is 0.392 e. The van der Waals surface area contributed by atoms with Crippen LogP contribution in [0.1, 0.15) is 38.4 Å². The van der Waals surface area contributed by atoms with Crippen LogP contribution in [0, 0.1) is 0 Å². The van der Waals surface area contributed by atoms with Crippen molar-refractivity contribution < 1.29 is 5.11 Å². The van der Waals surface area contributed by atoms with Gasteiger partial charge in [0.15, 0.2) is 0 Å². The Morgan fingerprint density at radius 3 is 2.45 bits per heavy atom. The van der Waals surface area contributed by atoms with Crippen LogP contribution in [-0.2, 0) is 13.0 Å². The molecule has 1 N–H and O–H groups in total. The average Bonchev–Trinajstić information content (AvgIpc) is 2.44. The van der Waals surface area contributed by atoms with E-state index >= 15 is 0 Å². The van der Waals surface area contributed by atoms with E-state index in [2.05, 4.69) is 37.6 Å². The van der Waals surface area contributed by atoms with Crippen LogP contribution < -0.4 is 4.90 Å². The summed E-state index contributed by atoms with van der Waals surface area (Å²) in [5, 5.41) is 9.44. The molecule has 20 heavy (non-hydrogen) atoms. The summed E-state index contributed by atoms with van der Waals surface area (Å²) in [5.41, 5.74) is 2.06. The molecule has 2 heterocycles. The van der Waals surface area contributed by atoms with Crippen molar-refractivity contribution in [3.8, 4) is 0 Å². The third kappa shape index (κ3) is 3.30. The minimum atomic E-state index is 0.0884. The van der Waals surface area contributed by atoms with Gasteiger partial charge in [-0.2, -0.15) is 0 Å². The van der Waals surface area contributed by atoms with E-state index in [0.29, 0.717) is 12.1 Å². The van der Waals surface area contributed by atoms with Crippen molar-refractivity contribution in [2.75, 3.05) is 25.0 Å². The Labute approximate surface area is 122 Å². The molecule has 1 fully saturated rings. The summed E-state index contributed by atoms with van der Waals surface area (Å²) in [4.78, 5) is 9.56. The summed E-state index contributed by atoms with van der Waals surface area (Å²) in [7, 11) is 2.19. The predicted octanol–water partition coefficient (Wildman–Crippen LogP) is 2.06. The third-order valence-electron chi connectivity index (χ3n) is 4.30. The van der Waals surface area contributed by atoms with E-state index < -0.39 is 0 Å². The quantitative estimate of drug-likeness (QED) is 0.914. The molecular weight excluding hydrogens is 250 g/mol. The minimum Gasteiger partial charge on any atom is -0.392 e. The highest BCUT2D eigenvalue weighted by Gasteiger charge is 2.27. The van der Waals surface area contributed by atoms with Gasteiger partial charge in [0, 0.05) is 30.9 Å². The monoisotopic (exact) mass is 277 g/mol. The summed E-state index contributed by atoms with van der Waals surface area (Å²) in [6, 6.07) is 5.10. The number of pyridine rings is 1. The fraction of sp³-hybridized carbons (Fsp3) is 0.688.